The molecule has 3 aromatic rings. The fraction of sp³-hybridized carbons (Fsp3) is 0.310. The molecule has 3 aromatic carbocycles. The molecular formula is C29H35N3O4S. The SMILES string of the molecule is CNC(=O)[C@H](C)N(Cc1ccccc1C)C(=O)CN(c1cc(C)cc(C)c1)S(=O)(=O)c1ccc(C)cc1. The van der Waals surface area contributed by atoms with E-state index in [2.05, 4.69) is 5.32 Å². The first-order valence-electron chi connectivity index (χ1n) is 12.2. The Morgan fingerprint density at radius 1 is 0.865 bits per heavy atom. The first-order valence-corrected chi connectivity index (χ1v) is 13.6. The van der Waals surface area contributed by atoms with Crippen molar-refractivity contribution in [2.75, 3.05) is 17.9 Å². The monoisotopic (exact) mass is 521 g/mol. The van der Waals surface area contributed by atoms with Crippen molar-refractivity contribution >= 4 is 27.5 Å². The summed E-state index contributed by atoms with van der Waals surface area (Å²) in [6.07, 6.45) is 0. The van der Waals surface area contributed by atoms with Crippen molar-refractivity contribution in [3.05, 3.63) is 94.5 Å². The summed E-state index contributed by atoms with van der Waals surface area (Å²) >= 11 is 0. The number of amides is 2. The van der Waals surface area contributed by atoms with E-state index in [1.807, 2.05) is 58.0 Å². The number of nitrogens with zero attached hydrogens (tertiary/aromatic N) is 2. The van der Waals surface area contributed by atoms with E-state index in [1.165, 1.54) is 11.9 Å². The van der Waals surface area contributed by atoms with Gasteiger partial charge in [0, 0.05) is 13.6 Å². The zero-order valence-corrected chi connectivity index (χ0v) is 23.1. The van der Waals surface area contributed by atoms with E-state index in [9.17, 15) is 18.0 Å². The van der Waals surface area contributed by atoms with Crippen LogP contribution in [0.1, 0.15) is 34.7 Å². The Balaban J connectivity index is 2.08. The number of anilines is 1. The summed E-state index contributed by atoms with van der Waals surface area (Å²) in [7, 11) is -2.57. The lowest BCUT2D eigenvalue weighted by atomic mass is 10.1. The predicted octanol–water partition coefficient (Wildman–Crippen LogP) is 4.28. The highest BCUT2D eigenvalue weighted by molar-refractivity contribution is 7.92. The van der Waals surface area contributed by atoms with Crippen LogP contribution in [0.2, 0.25) is 0 Å². The van der Waals surface area contributed by atoms with E-state index in [0.29, 0.717) is 5.69 Å². The minimum atomic E-state index is -4.08. The lowest BCUT2D eigenvalue weighted by molar-refractivity contribution is -0.139. The highest BCUT2D eigenvalue weighted by Crippen LogP contribution is 2.27. The fourth-order valence-corrected chi connectivity index (χ4v) is 5.62. The van der Waals surface area contributed by atoms with Gasteiger partial charge in [0.05, 0.1) is 10.6 Å². The Morgan fingerprint density at radius 2 is 1.46 bits per heavy atom. The highest BCUT2D eigenvalue weighted by Gasteiger charge is 2.32. The van der Waals surface area contributed by atoms with E-state index < -0.39 is 28.5 Å². The second kappa shape index (κ2) is 11.6. The summed E-state index contributed by atoms with van der Waals surface area (Å²) < 4.78 is 28.9. The van der Waals surface area contributed by atoms with Crippen LogP contribution in [0.15, 0.2) is 71.6 Å². The minimum Gasteiger partial charge on any atom is -0.357 e. The van der Waals surface area contributed by atoms with Gasteiger partial charge in [-0.2, -0.15) is 0 Å². The first kappa shape index (κ1) is 27.9. The summed E-state index contributed by atoms with van der Waals surface area (Å²) in [5, 5.41) is 2.60. The van der Waals surface area contributed by atoms with Crippen molar-refractivity contribution in [1.29, 1.82) is 0 Å². The number of sulfonamides is 1. The molecule has 1 N–H and O–H groups in total. The number of nitrogens with one attached hydrogen (secondary N) is 1. The molecule has 0 fully saturated rings. The lowest BCUT2D eigenvalue weighted by Gasteiger charge is -2.32. The molecule has 7 nitrogen and oxygen atoms in total. The van der Waals surface area contributed by atoms with Gasteiger partial charge >= 0.3 is 0 Å². The van der Waals surface area contributed by atoms with Crippen LogP contribution in [0, 0.1) is 27.7 Å². The average Bonchev–Trinajstić information content (AvgIpc) is 2.85. The third-order valence-electron chi connectivity index (χ3n) is 6.40. The molecule has 2 amide bonds. The van der Waals surface area contributed by atoms with E-state index in [1.54, 1.807) is 43.3 Å². The van der Waals surface area contributed by atoms with Gasteiger partial charge in [0.2, 0.25) is 11.8 Å². The second-order valence-electron chi connectivity index (χ2n) is 9.41. The van der Waals surface area contributed by atoms with Gasteiger partial charge in [0.25, 0.3) is 10.0 Å². The summed E-state index contributed by atoms with van der Waals surface area (Å²) in [5.74, 6) is -0.810. The highest BCUT2D eigenvalue weighted by atomic mass is 32.2. The molecule has 0 saturated carbocycles. The molecule has 3 rings (SSSR count). The van der Waals surface area contributed by atoms with Gasteiger partial charge in [0.1, 0.15) is 12.6 Å². The van der Waals surface area contributed by atoms with Gasteiger partial charge in [-0.25, -0.2) is 8.42 Å². The number of rotatable bonds is 9. The van der Waals surface area contributed by atoms with Crippen LogP contribution in [0.3, 0.4) is 0 Å². The Labute approximate surface area is 220 Å². The molecule has 0 heterocycles. The molecule has 0 unspecified atom stereocenters. The second-order valence-corrected chi connectivity index (χ2v) is 11.3. The molecular weight excluding hydrogens is 486 g/mol. The van der Waals surface area contributed by atoms with Crippen molar-refractivity contribution in [1.82, 2.24) is 10.2 Å². The van der Waals surface area contributed by atoms with Crippen LogP contribution in [-0.2, 0) is 26.2 Å². The van der Waals surface area contributed by atoms with Crippen molar-refractivity contribution in [3.8, 4) is 0 Å². The number of aryl methyl sites for hydroxylation is 4. The quantitative estimate of drug-likeness (QED) is 0.455. The molecule has 0 spiro atoms. The maximum atomic E-state index is 13.9. The topological polar surface area (TPSA) is 86.8 Å². The van der Waals surface area contributed by atoms with Crippen LogP contribution in [-0.4, -0.2) is 44.8 Å². The molecule has 8 heteroatoms. The minimum absolute atomic E-state index is 0.0925. The lowest BCUT2D eigenvalue weighted by Crippen LogP contribution is -2.50. The van der Waals surface area contributed by atoms with E-state index in [-0.39, 0.29) is 17.3 Å². The van der Waals surface area contributed by atoms with Crippen molar-refractivity contribution < 1.29 is 18.0 Å². The van der Waals surface area contributed by atoms with Gasteiger partial charge in [0.15, 0.2) is 0 Å². The van der Waals surface area contributed by atoms with Gasteiger partial charge in [-0.3, -0.25) is 13.9 Å². The van der Waals surface area contributed by atoms with E-state index >= 15 is 0 Å². The third kappa shape index (κ3) is 6.57. The maximum absolute atomic E-state index is 13.9. The van der Waals surface area contributed by atoms with Gasteiger partial charge in [-0.1, -0.05) is 48.0 Å². The number of benzene rings is 3. The largest absolute Gasteiger partial charge is 0.357 e. The molecule has 0 saturated heterocycles. The molecule has 196 valence electrons. The number of hydrogen-bond acceptors (Lipinski definition) is 4. The third-order valence-corrected chi connectivity index (χ3v) is 8.19. The Kier molecular flexibility index (Phi) is 8.76. The predicted molar refractivity (Wildman–Crippen MR) is 147 cm³/mol. The van der Waals surface area contributed by atoms with Crippen LogP contribution >= 0.6 is 0 Å². The van der Waals surface area contributed by atoms with E-state index in [4.69, 9.17) is 0 Å². The summed E-state index contributed by atoms with van der Waals surface area (Å²) in [6, 6.07) is 18.8. The molecule has 0 radical (unpaired) electrons. The van der Waals surface area contributed by atoms with Crippen molar-refractivity contribution in [3.63, 3.8) is 0 Å². The molecule has 1 atom stereocenters. The van der Waals surface area contributed by atoms with Crippen LogP contribution < -0.4 is 9.62 Å². The number of carbonyl (C=O) groups excluding carboxylic acids is 2. The van der Waals surface area contributed by atoms with Crippen molar-refractivity contribution in [2.24, 2.45) is 0 Å². The molecule has 0 aliphatic carbocycles. The molecule has 0 aliphatic rings. The average molecular weight is 522 g/mol. The molecule has 0 aliphatic heterocycles. The van der Waals surface area contributed by atoms with Crippen molar-refractivity contribution in [2.45, 2.75) is 52.1 Å². The molecule has 0 bridgehead atoms. The zero-order chi connectivity index (χ0) is 27.3. The standard InChI is InChI=1S/C29H35N3O4S/c1-20-11-13-27(14-12-20)37(35,36)32(26-16-21(2)15-22(3)17-26)19-28(33)31(24(5)29(34)30-6)18-25-10-8-7-9-23(25)4/h7-17,24H,18-19H2,1-6H3,(H,30,34)/t24-/m0/s1. The van der Waals surface area contributed by atoms with Gasteiger partial charge in [-0.05, 0) is 81.1 Å². The summed E-state index contributed by atoms with van der Waals surface area (Å²) in [5.41, 5.74) is 4.93. The van der Waals surface area contributed by atoms with E-state index in [0.717, 1.165) is 32.1 Å². The fourth-order valence-electron chi connectivity index (χ4n) is 4.22. The normalized spacial score (nSPS) is 12.1. The first-order chi connectivity index (χ1) is 17.4. The van der Waals surface area contributed by atoms with Crippen LogP contribution in [0.5, 0.6) is 0 Å². The smallest absolute Gasteiger partial charge is 0.264 e. The van der Waals surface area contributed by atoms with Gasteiger partial charge < -0.3 is 10.2 Å². The zero-order valence-electron chi connectivity index (χ0n) is 22.3. The molecule has 0 aromatic heterocycles. The summed E-state index contributed by atoms with van der Waals surface area (Å²) in [4.78, 5) is 28.0. The number of likely N-dealkylation sites (N-methyl/N-ethyl adjacent to an activating group) is 1. The molecule has 37 heavy (non-hydrogen) atoms. The van der Waals surface area contributed by atoms with Crippen LogP contribution in [0.4, 0.5) is 5.69 Å². The van der Waals surface area contributed by atoms with Gasteiger partial charge in [-0.15, -0.1) is 0 Å². The number of carbonyl (C=O) groups is 2. The Morgan fingerprint density at radius 3 is 2.03 bits per heavy atom. The number of hydrogen-bond donors (Lipinski definition) is 1. The maximum Gasteiger partial charge on any atom is 0.264 e. The van der Waals surface area contributed by atoms with Crippen LogP contribution in [0.25, 0.3) is 0 Å². The Bertz CT molecular complexity index is 1360. The summed E-state index contributed by atoms with van der Waals surface area (Å²) in [6.45, 7) is 8.94. The Hall–Kier alpha value is -3.65.